The minimum absolute atomic E-state index is 0.260. The van der Waals surface area contributed by atoms with Crippen molar-refractivity contribution in [1.82, 2.24) is 10.6 Å². The standard InChI is InChI=1S/C38H74N2O9/c1-2-3-4-5-6-7-8-9-10-14-17-20-23-31(42)34(44)30(28-48-38-37(47)36(46)35(45)32(27-41)49-38)40-33(43)24-21-18-15-12-11-13-16-19-22-29-25-39-26-29/h29-32,34-39,41-42,44-47H,2-28H2,1H3,(H,40,43)/t30-,31+,32?,34-,35?,36?,37?,38?/m0/s1. The minimum atomic E-state index is -1.60. The zero-order valence-corrected chi connectivity index (χ0v) is 30.7. The lowest BCUT2D eigenvalue weighted by atomic mass is 9.95. The van der Waals surface area contributed by atoms with Gasteiger partial charge in [-0.05, 0) is 38.3 Å². The van der Waals surface area contributed by atoms with Crippen molar-refractivity contribution in [1.29, 1.82) is 0 Å². The number of amides is 1. The molecule has 0 spiro atoms. The fourth-order valence-corrected chi connectivity index (χ4v) is 6.87. The van der Waals surface area contributed by atoms with E-state index in [9.17, 15) is 35.4 Å². The van der Waals surface area contributed by atoms with Gasteiger partial charge in [-0.15, -0.1) is 0 Å². The lowest BCUT2D eigenvalue weighted by Crippen LogP contribution is -2.60. The number of rotatable bonds is 31. The first-order chi connectivity index (χ1) is 23.8. The number of hydrogen-bond donors (Lipinski definition) is 8. The smallest absolute Gasteiger partial charge is 0.220 e. The summed E-state index contributed by atoms with van der Waals surface area (Å²) in [5.74, 6) is 0.623. The van der Waals surface area contributed by atoms with Gasteiger partial charge in [-0.3, -0.25) is 4.79 Å². The molecule has 2 aliphatic heterocycles. The summed E-state index contributed by atoms with van der Waals surface area (Å²) in [6.07, 6.45) is 15.7. The molecule has 2 fully saturated rings. The van der Waals surface area contributed by atoms with Crippen molar-refractivity contribution in [2.75, 3.05) is 26.3 Å². The Hall–Kier alpha value is -0.890. The summed E-state index contributed by atoms with van der Waals surface area (Å²) in [5, 5.41) is 68.2. The average Bonchev–Trinajstić information content (AvgIpc) is 3.07. The van der Waals surface area contributed by atoms with Crippen LogP contribution in [0, 0.1) is 5.92 Å². The molecule has 0 aromatic carbocycles. The van der Waals surface area contributed by atoms with Crippen molar-refractivity contribution in [2.24, 2.45) is 5.92 Å². The van der Waals surface area contributed by atoms with E-state index < -0.39 is 55.6 Å². The van der Waals surface area contributed by atoms with E-state index in [1.165, 1.54) is 96.6 Å². The third-order valence-corrected chi connectivity index (χ3v) is 10.4. The summed E-state index contributed by atoms with van der Waals surface area (Å²) in [4.78, 5) is 12.9. The van der Waals surface area contributed by atoms with E-state index in [2.05, 4.69) is 17.6 Å². The highest BCUT2D eigenvalue weighted by atomic mass is 16.7. The van der Waals surface area contributed by atoms with Gasteiger partial charge >= 0.3 is 0 Å². The highest BCUT2D eigenvalue weighted by Crippen LogP contribution is 2.23. The number of hydrogen-bond acceptors (Lipinski definition) is 10. The van der Waals surface area contributed by atoms with E-state index in [1.807, 2.05) is 0 Å². The average molecular weight is 703 g/mol. The molecule has 8 atom stereocenters. The Kier molecular flexibility index (Phi) is 25.0. The Morgan fingerprint density at radius 1 is 0.755 bits per heavy atom. The van der Waals surface area contributed by atoms with Crippen LogP contribution in [0.15, 0.2) is 0 Å². The van der Waals surface area contributed by atoms with Crippen LogP contribution in [0.2, 0.25) is 0 Å². The summed E-state index contributed by atoms with van der Waals surface area (Å²) in [7, 11) is 0. The van der Waals surface area contributed by atoms with Gasteiger partial charge in [0.05, 0.1) is 25.4 Å². The molecule has 1 amide bonds. The second kappa shape index (κ2) is 27.7. The number of aliphatic hydroxyl groups is 6. The SMILES string of the molecule is CCCCCCCCCCCCCC[C@@H](O)[C@@H](O)[C@H](COC1OC(CO)C(O)C(O)C1O)NC(=O)CCCCCCCCCCC1CNC1. The molecular formula is C38H74N2O9. The third-order valence-electron chi connectivity index (χ3n) is 10.4. The quantitative estimate of drug-likeness (QED) is 0.0488. The van der Waals surface area contributed by atoms with Crippen molar-refractivity contribution in [3.8, 4) is 0 Å². The number of nitrogens with one attached hydrogen (secondary N) is 2. The van der Waals surface area contributed by atoms with Gasteiger partial charge in [0.15, 0.2) is 6.29 Å². The highest BCUT2D eigenvalue weighted by Gasteiger charge is 2.44. The largest absolute Gasteiger partial charge is 0.394 e. The Morgan fingerprint density at radius 3 is 1.82 bits per heavy atom. The molecule has 0 aromatic heterocycles. The zero-order valence-electron chi connectivity index (χ0n) is 30.7. The summed E-state index contributed by atoms with van der Waals surface area (Å²) in [6.45, 7) is 3.70. The van der Waals surface area contributed by atoms with Gasteiger partial charge in [0.1, 0.15) is 30.5 Å². The van der Waals surface area contributed by atoms with Crippen molar-refractivity contribution in [2.45, 2.75) is 204 Å². The molecule has 0 aromatic rings. The molecule has 290 valence electrons. The molecule has 0 bridgehead atoms. The molecule has 11 nitrogen and oxygen atoms in total. The topological polar surface area (TPSA) is 181 Å². The molecule has 2 rings (SSSR count). The molecule has 49 heavy (non-hydrogen) atoms. The van der Waals surface area contributed by atoms with E-state index in [1.54, 1.807) is 0 Å². The first kappa shape index (κ1) is 44.3. The predicted octanol–water partition coefficient (Wildman–Crippen LogP) is 4.22. The van der Waals surface area contributed by atoms with E-state index >= 15 is 0 Å². The Balaban J connectivity index is 1.71. The Bertz CT molecular complexity index is 803. The minimum Gasteiger partial charge on any atom is -0.394 e. The van der Waals surface area contributed by atoms with Gasteiger partial charge in [-0.2, -0.15) is 0 Å². The Labute approximate surface area is 296 Å². The van der Waals surface area contributed by atoms with Gasteiger partial charge < -0.3 is 50.7 Å². The molecule has 2 aliphatic rings. The van der Waals surface area contributed by atoms with Crippen LogP contribution in [-0.4, -0.2) is 112 Å². The van der Waals surface area contributed by atoms with E-state index in [4.69, 9.17) is 9.47 Å². The van der Waals surface area contributed by atoms with Crippen molar-refractivity contribution < 1.29 is 44.9 Å². The highest BCUT2D eigenvalue weighted by molar-refractivity contribution is 5.76. The maximum absolute atomic E-state index is 12.9. The first-order valence-corrected chi connectivity index (χ1v) is 20.1. The molecule has 2 saturated heterocycles. The van der Waals surface area contributed by atoms with Gasteiger partial charge in [0.2, 0.25) is 5.91 Å². The number of unbranched alkanes of at least 4 members (excludes halogenated alkanes) is 18. The van der Waals surface area contributed by atoms with Crippen LogP contribution in [0.5, 0.6) is 0 Å². The van der Waals surface area contributed by atoms with Crippen molar-refractivity contribution in [3.05, 3.63) is 0 Å². The van der Waals surface area contributed by atoms with E-state index in [-0.39, 0.29) is 18.9 Å². The monoisotopic (exact) mass is 703 g/mol. The predicted molar refractivity (Wildman–Crippen MR) is 192 cm³/mol. The van der Waals surface area contributed by atoms with E-state index in [0.717, 1.165) is 57.3 Å². The van der Waals surface area contributed by atoms with Crippen LogP contribution in [0.1, 0.15) is 155 Å². The third kappa shape index (κ3) is 19.0. The summed E-state index contributed by atoms with van der Waals surface area (Å²) in [5.41, 5.74) is 0. The van der Waals surface area contributed by atoms with Crippen LogP contribution in [-0.2, 0) is 14.3 Å². The van der Waals surface area contributed by atoms with Crippen LogP contribution < -0.4 is 10.6 Å². The molecule has 0 saturated carbocycles. The fraction of sp³-hybridized carbons (Fsp3) is 0.974. The number of carbonyl (C=O) groups is 1. The number of ether oxygens (including phenoxy) is 2. The molecule has 0 radical (unpaired) electrons. The summed E-state index contributed by atoms with van der Waals surface area (Å²) in [6, 6.07) is -0.983. The van der Waals surface area contributed by atoms with Crippen LogP contribution >= 0.6 is 0 Å². The fourth-order valence-electron chi connectivity index (χ4n) is 6.87. The summed E-state index contributed by atoms with van der Waals surface area (Å²) < 4.78 is 11.1. The van der Waals surface area contributed by atoms with Crippen molar-refractivity contribution in [3.63, 3.8) is 0 Å². The van der Waals surface area contributed by atoms with Crippen LogP contribution in [0.3, 0.4) is 0 Å². The van der Waals surface area contributed by atoms with Gasteiger partial charge in [-0.25, -0.2) is 0 Å². The molecular weight excluding hydrogens is 628 g/mol. The lowest BCUT2D eigenvalue weighted by Gasteiger charge is -2.40. The second-order valence-electron chi connectivity index (χ2n) is 14.8. The van der Waals surface area contributed by atoms with Crippen LogP contribution in [0.25, 0.3) is 0 Å². The van der Waals surface area contributed by atoms with Gasteiger partial charge in [0.25, 0.3) is 0 Å². The Morgan fingerprint density at radius 2 is 1.29 bits per heavy atom. The summed E-state index contributed by atoms with van der Waals surface area (Å²) >= 11 is 0. The molecule has 5 unspecified atom stereocenters. The van der Waals surface area contributed by atoms with E-state index in [0.29, 0.717) is 6.42 Å². The molecule has 8 N–H and O–H groups in total. The van der Waals surface area contributed by atoms with Gasteiger partial charge in [-0.1, -0.05) is 129 Å². The number of carbonyl (C=O) groups excluding carboxylic acids is 1. The molecule has 2 heterocycles. The first-order valence-electron chi connectivity index (χ1n) is 20.1. The lowest BCUT2D eigenvalue weighted by molar-refractivity contribution is -0.303. The second-order valence-corrected chi connectivity index (χ2v) is 14.8. The zero-order chi connectivity index (χ0) is 35.7. The maximum Gasteiger partial charge on any atom is 0.220 e. The molecule has 0 aliphatic carbocycles. The normalized spacial score (nSPS) is 24.8. The van der Waals surface area contributed by atoms with Crippen LogP contribution in [0.4, 0.5) is 0 Å². The number of aliphatic hydroxyl groups excluding tert-OH is 6. The van der Waals surface area contributed by atoms with Crippen molar-refractivity contribution >= 4 is 5.91 Å². The molecule has 11 heteroatoms. The maximum atomic E-state index is 12.9. The van der Waals surface area contributed by atoms with Gasteiger partial charge in [0, 0.05) is 6.42 Å².